The lowest BCUT2D eigenvalue weighted by Gasteiger charge is -2.27. The molecule has 6 nitrogen and oxygen atoms in total. The summed E-state index contributed by atoms with van der Waals surface area (Å²) < 4.78 is 17.8. The van der Waals surface area contributed by atoms with Crippen LogP contribution in [0.1, 0.15) is 50.4 Å². The number of nitrogens with one attached hydrogen (secondary N) is 1. The molecule has 1 fully saturated rings. The van der Waals surface area contributed by atoms with Crippen LogP contribution in [0.4, 0.5) is 0 Å². The SMILES string of the molecule is O=C1c2ccccc2C(=O)c2c1oc1c3c(ccc21)OC[NH+](C[C@H]1CCCO1)C3. The van der Waals surface area contributed by atoms with Gasteiger partial charge in [0.2, 0.25) is 12.5 Å². The molecule has 1 unspecified atom stereocenters. The number of rotatable bonds is 2. The zero-order chi connectivity index (χ0) is 19.5. The molecule has 2 atom stereocenters. The predicted octanol–water partition coefficient (Wildman–Crippen LogP) is 2.12. The van der Waals surface area contributed by atoms with E-state index in [1.54, 1.807) is 24.3 Å². The van der Waals surface area contributed by atoms with E-state index < -0.39 is 0 Å². The van der Waals surface area contributed by atoms with Crippen molar-refractivity contribution in [2.75, 3.05) is 19.9 Å². The summed E-state index contributed by atoms with van der Waals surface area (Å²) in [6.07, 6.45) is 2.45. The lowest BCUT2D eigenvalue weighted by atomic mass is 9.87. The third kappa shape index (κ3) is 2.49. The maximum atomic E-state index is 13.1. The molecule has 0 saturated carbocycles. The number of carbonyl (C=O) groups excluding carboxylic acids is 2. The number of benzene rings is 2. The van der Waals surface area contributed by atoms with Crippen LogP contribution in [-0.4, -0.2) is 37.6 Å². The minimum Gasteiger partial charge on any atom is -0.451 e. The van der Waals surface area contributed by atoms with Gasteiger partial charge in [0.25, 0.3) is 0 Å². The topological polar surface area (TPSA) is 70.2 Å². The Labute approximate surface area is 167 Å². The third-order valence-corrected chi connectivity index (χ3v) is 6.17. The highest BCUT2D eigenvalue weighted by Crippen LogP contribution is 2.39. The predicted molar refractivity (Wildman–Crippen MR) is 104 cm³/mol. The Balaban J connectivity index is 1.44. The van der Waals surface area contributed by atoms with Crippen LogP contribution in [0.2, 0.25) is 0 Å². The minimum atomic E-state index is -0.236. The van der Waals surface area contributed by atoms with Gasteiger partial charge in [-0.3, -0.25) is 14.5 Å². The molecule has 3 aliphatic rings. The zero-order valence-electron chi connectivity index (χ0n) is 15.8. The maximum absolute atomic E-state index is 13.1. The number of fused-ring (bicyclic) bond motifs is 6. The van der Waals surface area contributed by atoms with Gasteiger partial charge in [0.1, 0.15) is 30.5 Å². The van der Waals surface area contributed by atoms with Crippen molar-refractivity contribution >= 4 is 22.5 Å². The molecule has 2 aliphatic heterocycles. The molecule has 3 heterocycles. The second-order valence-electron chi connectivity index (χ2n) is 7.98. The van der Waals surface area contributed by atoms with Crippen molar-refractivity contribution in [2.24, 2.45) is 0 Å². The number of ether oxygens (including phenoxy) is 2. The van der Waals surface area contributed by atoms with Crippen molar-refractivity contribution < 1.29 is 28.4 Å². The Kier molecular flexibility index (Phi) is 3.66. The second kappa shape index (κ2) is 6.27. The van der Waals surface area contributed by atoms with Crippen molar-refractivity contribution in [1.29, 1.82) is 0 Å². The summed E-state index contributed by atoms with van der Waals surface area (Å²) in [7, 11) is 0. The third-order valence-electron chi connectivity index (χ3n) is 6.17. The zero-order valence-corrected chi connectivity index (χ0v) is 15.8. The van der Waals surface area contributed by atoms with Gasteiger partial charge in [0.15, 0.2) is 11.5 Å². The van der Waals surface area contributed by atoms with E-state index in [2.05, 4.69) is 0 Å². The molecule has 1 aromatic heterocycles. The van der Waals surface area contributed by atoms with Gasteiger partial charge in [-0.05, 0) is 25.0 Å². The maximum Gasteiger partial charge on any atom is 0.229 e. The number of ketones is 2. The number of furan rings is 1. The molecule has 1 saturated heterocycles. The van der Waals surface area contributed by atoms with Gasteiger partial charge in [0.05, 0.1) is 11.1 Å². The van der Waals surface area contributed by atoms with Crippen molar-refractivity contribution in [3.63, 3.8) is 0 Å². The monoisotopic (exact) mass is 390 g/mol. The Bertz CT molecular complexity index is 1170. The molecule has 146 valence electrons. The number of carbonyl (C=O) groups is 2. The highest BCUT2D eigenvalue weighted by Gasteiger charge is 2.37. The molecule has 0 bridgehead atoms. The number of quaternary nitrogens is 1. The van der Waals surface area contributed by atoms with E-state index >= 15 is 0 Å². The Morgan fingerprint density at radius 1 is 1.03 bits per heavy atom. The lowest BCUT2D eigenvalue weighted by Crippen LogP contribution is -3.13. The molecule has 2 aromatic carbocycles. The average molecular weight is 390 g/mol. The van der Waals surface area contributed by atoms with E-state index in [4.69, 9.17) is 13.9 Å². The summed E-state index contributed by atoms with van der Waals surface area (Å²) >= 11 is 0. The fourth-order valence-electron chi connectivity index (χ4n) is 4.76. The normalized spacial score (nSPS) is 22.9. The van der Waals surface area contributed by atoms with Crippen LogP contribution in [0, 0.1) is 0 Å². The molecule has 0 spiro atoms. The summed E-state index contributed by atoms with van der Waals surface area (Å²) in [6.45, 7) is 2.99. The van der Waals surface area contributed by atoms with Gasteiger partial charge in [-0.1, -0.05) is 24.3 Å². The molecular formula is C23H20NO5+. The van der Waals surface area contributed by atoms with E-state index in [9.17, 15) is 9.59 Å². The summed E-state index contributed by atoms with van der Waals surface area (Å²) in [4.78, 5) is 27.4. The van der Waals surface area contributed by atoms with Crippen LogP contribution >= 0.6 is 0 Å². The smallest absolute Gasteiger partial charge is 0.229 e. The van der Waals surface area contributed by atoms with Crippen LogP contribution < -0.4 is 9.64 Å². The van der Waals surface area contributed by atoms with E-state index in [-0.39, 0.29) is 23.4 Å². The second-order valence-corrected chi connectivity index (χ2v) is 7.98. The minimum absolute atomic E-state index is 0.142. The molecule has 1 aliphatic carbocycles. The highest BCUT2D eigenvalue weighted by atomic mass is 16.5. The van der Waals surface area contributed by atoms with Crippen LogP contribution in [-0.2, 0) is 11.3 Å². The van der Waals surface area contributed by atoms with E-state index in [0.717, 1.165) is 37.3 Å². The molecule has 1 N–H and O–H groups in total. The first-order chi connectivity index (χ1) is 14.2. The lowest BCUT2D eigenvalue weighted by molar-refractivity contribution is -0.935. The first kappa shape index (κ1) is 16.9. The highest BCUT2D eigenvalue weighted by molar-refractivity contribution is 6.31. The molecule has 0 radical (unpaired) electrons. The molecular weight excluding hydrogens is 370 g/mol. The molecule has 29 heavy (non-hydrogen) atoms. The van der Waals surface area contributed by atoms with Crippen molar-refractivity contribution in [1.82, 2.24) is 0 Å². The first-order valence-corrected chi connectivity index (χ1v) is 10.1. The molecule has 6 heteroatoms. The van der Waals surface area contributed by atoms with Gasteiger partial charge in [-0.25, -0.2) is 0 Å². The van der Waals surface area contributed by atoms with Gasteiger partial charge in [-0.2, -0.15) is 0 Å². The quantitative estimate of drug-likeness (QED) is 0.568. The van der Waals surface area contributed by atoms with Gasteiger partial charge in [-0.15, -0.1) is 0 Å². The molecule has 6 rings (SSSR count). The van der Waals surface area contributed by atoms with E-state index in [1.807, 2.05) is 12.1 Å². The Morgan fingerprint density at radius 2 is 1.86 bits per heavy atom. The molecule has 3 aromatic rings. The number of hydrogen-bond donors (Lipinski definition) is 1. The first-order valence-electron chi connectivity index (χ1n) is 10.1. The average Bonchev–Trinajstić information content (AvgIpc) is 3.40. The Morgan fingerprint density at radius 3 is 2.66 bits per heavy atom. The van der Waals surface area contributed by atoms with Gasteiger partial charge in [0, 0.05) is 23.1 Å². The standard InChI is InChI=1S/C23H19NO5/c25-20-14-5-1-2-6-15(14)21(26)23-19(20)16-7-8-18-17(22(16)29-23)11-24(12-28-18)10-13-4-3-9-27-13/h1-2,5-8,13H,3-4,9-12H2/p+1/t13-/m1/s1. The summed E-state index contributed by atoms with van der Waals surface area (Å²) in [6, 6.07) is 10.6. The fourth-order valence-corrected chi connectivity index (χ4v) is 4.76. The summed E-state index contributed by atoms with van der Waals surface area (Å²) in [5.41, 5.74) is 2.72. The largest absolute Gasteiger partial charge is 0.451 e. The Hall–Kier alpha value is -2.96. The fraction of sp³-hybridized carbons (Fsp3) is 0.304. The van der Waals surface area contributed by atoms with Crippen molar-refractivity contribution in [2.45, 2.75) is 25.5 Å². The van der Waals surface area contributed by atoms with E-state index in [0.29, 0.717) is 40.9 Å². The van der Waals surface area contributed by atoms with Crippen molar-refractivity contribution in [3.05, 3.63) is 64.4 Å². The van der Waals surface area contributed by atoms with Crippen LogP contribution in [0.15, 0.2) is 40.8 Å². The van der Waals surface area contributed by atoms with Crippen LogP contribution in [0.25, 0.3) is 11.0 Å². The van der Waals surface area contributed by atoms with Crippen LogP contribution in [0.3, 0.4) is 0 Å². The van der Waals surface area contributed by atoms with Gasteiger partial charge >= 0.3 is 0 Å². The van der Waals surface area contributed by atoms with E-state index in [1.165, 1.54) is 4.90 Å². The summed E-state index contributed by atoms with van der Waals surface area (Å²) in [5.74, 6) is 0.509. The summed E-state index contributed by atoms with van der Waals surface area (Å²) in [5, 5.41) is 0.688. The van der Waals surface area contributed by atoms with Crippen LogP contribution in [0.5, 0.6) is 5.75 Å². The van der Waals surface area contributed by atoms with Crippen molar-refractivity contribution in [3.8, 4) is 5.75 Å². The van der Waals surface area contributed by atoms with Gasteiger partial charge < -0.3 is 13.9 Å². The molecule has 0 amide bonds. The number of hydrogen-bond acceptors (Lipinski definition) is 5.